The van der Waals surface area contributed by atoms with Gasteiger partial charge in [0.05, 0.1) is 31.5 Å². The fourth-order valence-electron chi connectivity index (χ4n) is 5.19. The number of carbonyl (C=O) groups is 3. The molecular weight excluding hydrogens is 755 g/mol. The third kappa shape index (κ3) is 9.08. The topological polar surface area (TPSA) is 196 Å². The summed E-state index contributed by atoms with van der Waals surface area (Å²) >= 11 is 6.99. The Kier molecular flexibility index (Phi) is 11.6. The number of rotatable bonds is 8. The van der Waals surface area contributed by atoms with Gasteiger partial charge in [0.2, 0.25) is 16.6 Å². The number of halogens is 2. The second kappa shape index (κ2) is 16.0. The molecule has 0 fully saturated rings. The van der Waals surface area contributed by atoms with Gasteiger partial charge in [-0.1, -0.05) is 43.5 Å². The van der Waals surface area contributed by atoms with Gasteiger partial charge in [-0.05, 0) is 30.5 Å². The number of esters is 1. The van der Waals surface area contributed by atoms with Crippen LogP contribution in [0.2, 0.25) is 5.15 Å². The molecule has 2 aromatic heterocycles. The van der Waals surface area contributed by atoms with E-state index in [0.29, 0.717) is 16.2 Å². The minimum atomic E-state index is -4.38. The zero-order valence-corrected chi connectivity index (χ0v) is 31.1. The highest BCUT2D eigenvalue weighted by Gasteiger charge is 2.31. The van der Waals surface area contributed by atoms with Crippen molar-refractivity contribution in [1.82, 2.24) is 23.6 Å². The second-order valence-corrected chi connectivity index (χ2v) is 14.8. The molecule has 0 bridgehead atoms. The monoisotopic (exact) mass is 786 g/mol. The van der Waals surface area contributed by atoms with E-state index >= 15 is 0 Å². The number of hydrogen-bond acceptors (Lipinski definition) is 13. The molecule has 0 spiro atoms. The number of sulfonamides is 1. The largest absolute Gasteiger partial charge is 0.481 e. The second-order valence-electron chi connectivity index (χ2n) is 12.0. The number of anilines is 2. The fraction of sp³-hybridized carbons (Fsp3) is 0.303. The van der Waals surface area contributed by atoms with Gasteiger partial charge in [-0.25, -0.2) is 37.1 Å². The summed E-state index contributed by atoms with van der Waals surface area (Å²) in [7, 11) is -3.05. The van der Waals surface area contributed by atoms with Crippen LogP contribution < -0.4 is 29.2 Å². The lowest BCUT2D eigenvalue weighted by molar-refractivity contribution is -0.121. The molecule has 53 heavy (non-hydrogen) atoms. The molecule has 6 rings (SSSR count). The molecular formula is C33H32ClFN8O8S2. The third-order valence-electron chi connectivity index (χ3n) is 7.44. The van der Waals surface area contributed by atoms with Gasteiger partial charge in [-0.2, -0.15) is 9.36 Å². The number of nitrogens with one attached hydrogen (secondary N) is 2. The number of amides is 3. The molecule has 0 saturated heterocycles. The normalized spacial score (nSPS) is 14.5. The lowest BCUT2D eigenvalue weighted by Crippen LogP contribution is -2.39. The van der Waals surface area contributed by atoms with Crippen LogP contribution in [0.25, 0.3) is 0 Å². The van der Waals surface area contributed by atoms with E-state index in [9.17, 15) is 27.2 Å². The van der Waals surface area contributed by atoms with Crippen LogP contribution in [0, 0.1) is 23.6 Å². The lowest BCUT2D eigenvalue weighted by atomic mass is 9.92. The molecule has 16 nitrogen and oxygen atoms in total. The maximum atomic E-state index is 14.5. The lowest BCUT2D eigenvalue weighted by Gasteiger charge is -2.28. The van der Waals surface area contributed by atoms with Crippen LogP contribution in [-0.4, -0.2) is 72.1 Å². The number of urea groups is 1. The van der Waals surface area contributed by atoms with Crippen molar-refractivity contribution < 1.29 is 41.4 Å². The molecule has 2 N–H and O–H groups in total. The zero-order chi connectivity index (χ0) is 38.5. The van der Waals surface area contributed by atoms with Crippen LogP contribution in [0.15, 0.2) is 52.4 Å². The Morgan fingerprint density at radius 1 is 1.23 bits per heavy atom. The van der Waals surface area contributed by atoms with E-state index in [0.717, 1.165) is 18.8 Å². The molecule has 2 aliphatic heterocycles. The Hall–Kier alpha value is -5.58. The number of aromatic nitrogens is 4. The standard InChI is InChI=1S/C18H17FN4O2S.C15H15ClN4O6S/c1-4-5-22-13-7-12(11(19)6-14(13)25-9-16(22)24)20-17-23-10-18(2,3)8-15(23)21-26-17;1-3-26-13(21)9-6-4-5-7-10(9)27(23,24)20-15(22)19-14-17-11(16)8-12(18-14)25-2/h1,6-7H,5,8-10H2,2-3H3;4-8H,3H2,1-2H3,(H2,17,18,19,20,22)/b20-17-;. The number of terminal acetylenes is 1. The summed E-state index contributed by atoms with van der Waals surface area (Å²) in [6.45, 7) is 6.70. The molecule has 0 radical (unpaired) electrons. The minimum absolute atomic E-state index is 0.0207. The number of carbonyl (C=O) groups excluding carboxylic acids is 3. The molecule has 4 heterocycles. The Morgan fingerprint density at radius 2 is 1.98 bits per heavy atom. The number of ether oxygens (including phenoxy) is 3. The first-order valence-electron chi connectivity index (χ1n) is 15.6. The molecule has 4 aromatic rings. The smallest absolute Gasteiger partial charge is 0.339 e. The van der Waals surface area contributed by atoms with Crippen molar-refractivity contribution in [2.45, 2.75) is 38.6 Å². The molecule has 2 aliphatic rings. The van der Waals surface area contributed by atoms with Gasteiger partial charge in [-0.15, -0.1) is 6.42 Å². The molecule has 0 atom stereocenters. The first-order chi connectivity index (χ1) is 25.1. The summed E-state index contributed by atoms with van der Waals surface area (Å²) < 4.78 is 62.7. The number of benzene rings is 2. The number of hydrogen-bond donors (Lipinski definition) is 2. The molecule has 0 aliphatic carbocycles. The maximum Gasteiger partial charge on any atom is 0.339 e. The van der Waals surface area contributed by atoms with Crippen molar-refractivity contribution in [1.29, 1.82) is 0 Å². The molecule has 20 heteroatoms. The van der Waals surface area contributed by atoms with Crippen molar-refractivity contribution in [3.05, 3.63) is 69.6 Å². The first kappa shape index (κ1) is 38.6. The van der Waals surface area contributed by atoms with E-state index in [-0.39, 0.29) is 59.3 Å². The highest BCUT2D eigenvalue weighted by molar-refractivity contribution is 7.90. The van der Waals surface area contributed by atoms with E-state index in [1.165, 1.54) is 66.0 Å². The fourth-order valence-corrected chi connectivity index (χ4v) is 7.22. The van der Waals surface area contributed by atoms with E-state index in [4.69, 9.17) is 32.2 Å². The van der Waals surface area contributed by atoms with Gasteiger partial charge in [0.15, 0.2) is 12.4 Å². The van der Waals surface area contributed by atoms with Crippen molar-refractivity contribution in [3.63, 3.8) is 0 Å². The van der Waals surface area contributed by atoms with E-state index < -0.39 is 32.7 Å². The Balaban J connectivity index is 0.000000204. The van der Waals surface area contributed by atoms with Crippen LogP contribution in [-0.2, 0) is 32.5 Å². The highest BCUT2D eigenvalue weighted by Crippen LogP contribution is 2.37. The minimum Gasteiger partial charge on any atom is -0.481 e. The summed E-state index contributed by atoms with van der Waals surface area (Å²) in [5.41, 5.74) is 0.470. The van der Waals surface area contributed by atoms with Crippen LogP contribution >= 0.6 is 23.1 Å². The summed E-state index contributed by atoms with van der Waals surface area (Å²) in [5.74, 6) is 1.89. The third-order valence-corrected chi connectivity index (χ3v) is 9.80. The van der Waals surface area contributed by atoms with E-state index in [1.54, 1.807) is 11.6 Å². The van der Waals surface area contributed by atoms with Crippen LogP contribution in [0.4, 0.5) is 26.5 Å². The van der Waals surface area contributed by atoms with E-state index in [2.05, 4.69) is 44.4 Å². The molecule has 2 aromatic carbocycles. The van der Waals surface area contributed by atoms with Crippen LogP contribution in [0.1, 0.15) is 37.0 Å². The summed E-state index contributed by atoms with van der Waals surface area (Å²) in [4.78, 5) is 49.7. The van der Waals surface area contributed by atoms with Crippen molar-refractivity contribution in [3.8, 4) is 24.0 Å². The van der Waals surface area contributed by atoms with Gasteiger partial charge < -0.3 is 18.8 Å². The quantitative estimate of drug-likeness (QED) is 0.148. The average molecular weight is 787 g/mol. The van der Waals surface area contributed by atoms with Crippen molar-refractivity contribution in [2.75, 3.05) is 37.1 Å². The van der Waals surface area contributed by atoms with Gasteiger partial charge in [-0.3, -0.25) is 15.0 Å². The summed E-state index contributed by atoms with van der Waals surface area (Å²) in [5, 5.41) is 2.10. The number of methoxy groups -OCH3 is 1. The molecule has 0 unspecified atom stereocenters. The first-order valence-corrected chi connectivity index (χ1v) is 18.3. The molecule has 3 amide bonds. The summed E-state index contributed by atoms with van der Waals surface area (Å²) in [6.07, 6.45) is 6.22. The van der Waals surface area contributed by atoms with Gasteiger partial charge >= 0.3 is 12.0 Å². The average Bonchev–Trinajstić information content (AvgIpc) is 3.61. The Bertz CT molecular complexity index is 2310. The van der Waals surface area contributed by atoms with Crippen LogP contribution in [0.5, 0.6) is 11.6 Å². The summed E-state index contributed by atoms with van der Waals surface area (Å²) in [6, 6.07) is 8.22. The predicted octanol–water partition coefficient (Wildman–Crippen LogP) is 4.08. The SMILES string of the molecule is C#CCN1C(=O)COc2cc(F)c(/N=c3\snc4n3CC(C)(C)C4)cc21.CCOC(=O)c1ccccc1S(=O)(=O)NC(=O)Nc1nc(Cl)cc(OC)n1. The Morgan fingerprint density at radius 3 is 2.70 bits per heavy atom. The van der Waals surface area contributed by atoms with Crippen molar-refractivity contribution in [2.24, 2.45) is 10.4 Å². The molecule has 278 valence electrons. The molecule has 0 saturated carbocycles. The van der Waals surface area contributed by atoms with Gasteiger partial charge in [0.25, 0.3) is 15.9 Å². The maximum absolute atomic E-state index is 14.5. The van der Waals surface area contributed by atoms with Crippen molar-refractivity contribution >= 4 is 68.4 Å². The van der Waals surface area contributed by atoms with Crippen LogP contribution in [0.3, 0.4) is 0 Å². The van der Waals surface area contributed by atoms with Gasteiger partial charge in [0, 0.05) is 36.6 Å². The highest BCUT2D eigenvalue weighted by atomic mass is 35.5. The predicted molar refractivity (Wildman–Crippen MR) is 191 cm³/mol. The number of fused-ring (bicyclic) bond motifs is 2. The number of nitrogens with zero attached hydrogens (tertiary/aromatic N) is 6. The Labute approximate surface area is 312 Å². The zero-order valence-electron chi connectivity index (χ0n) is 28.7. The van der Waals surface area contributed by atoms with E-state index in [1.807, 2.05) is 4.57 Å². The van der Waals surface area contributed by atoms with Gasteiger partial charge in [0.1, 0.15) is 27.3 Å².